The Morgan fingerprint density at radius 2 is 1.84 bits per heavy atom. The predicted molar refractivity (Wildman–Crippen MR) is 93.1 cm³/mol. The summed E-state index contributed by atoms with van der Waals surface area (Å²) in [6.07, 6.45) is 0. The molecule has 1 aromatic heterocycles. The SMILES string of the molecule is COCCOCn1c(=O)[nH]c(C(=O)c2ccccc2)c(C(C)C)c1=O. The molecule has 0 aliphatic rings. The molecule has 7 heteroatoms. The first-order valence-corrected chi connectivity index (χ1v) is 8.00. The molecule has 0 spiro atoms. The summed E-state index contributed by atoms with van der Waals surface area (Å²) in [5.41, 5.74) is -0.483. The van der Waals surface area contributed by atoms with E-state index in [1.165, 1.54) is 7.11 Å². The third kappa shape index (κ3) is 4.32. The van der Waals surface area contributed by atoms with Crippen molar-refractivity contribution in [2.24, 2.45) is 0 Å². The fraction of sp³-hybridized carbons (Fsp3) is 0.389. The number of carbonyl (C=O) groups excluding carboxylic acids is 1. The van der Waals surface area contributed by atoms with Crippen LogP contribution in [0.15, 0.2) is 39.9 Å². The van der Waals surface area contributed by atoms with Gasteiger partial charge in [0.25, 0.3) is 5.56 Å². The normalized spacial score (nSPS) is 11.0. The Hall–Kier alpha value is -2.51. The third-order valence-electron chi connectivity index (χ3n) is 3.71. The van der Waals surface area contributed by atoms with Crippen LogP contribution in [0.4, 0.5) is 0 Å². The Morgan fingerprint density at radius 1 is 1.16 bits per heavy atom. The van der Waals surface area contributed by atoms with Crippen LogP contribution in [0.3, 0.4) is 0 Å². The van der Waals surface area contributed by atoms with Gasteiger partial charge >= 0.3 is 5.69 Å². The van der Waals surface area contributed by atoms with Gasteiger partial charge in [-0.15, -0.1) is 0 Å². The maximum atomic E-state index is 12.7. The van der Waals surface area contributed by atoms with Crippen LogP contribution >= 0.6 is 0 Å². The number of H-pyrrole nitrogens is 1. The monoisotopic (exact) mass is 346 g/mol. The Labute approximate surface area is 145 Å². The second-order valence-corrected chi connectivity index (χ2v) is 5.83. The molecule has 0 aliphatic heterocycles. The molecule has 25 heavy (non-hydrogen) atoms. The van der Waals surface area contributed by atoms with Crippen LogP contribution in [-0.4, -0.2) is 35.7 Å². The van der Waals surface area contributed by atoms with E-state index in [-0.39, 0.29) is 36.3 Å². The van der Waals surface area contributed by atoms with Crippen LogP contribution in [0.5, 0.6) is 0 Å². The number of aromatic amines is 1. The van der Waals surface area contributed by atoms with E-state index in [4.69, 9.17) is 9.47 Å². The third-order valence-corrected chi connectivity index (χ3v) is 3.71. The zero-order chi connectivity index (χ0) is 18.4. The summed E-state index contributed by atoms with van der Waals surface area (Å²) in [4.78, 5) is 40.3. The summed E-state index contributed by atoms with van der Waals surface area (Å²) >= 11 is 0. The predicted octanol–water partition coefficient (Wildman–Crippen LogP) is 1.51. The van der Waals surface area contributed by atoms with Crippen molar-refractivity contribution in [3.05, 3.63) is 68.0 Å². The maximum absolute atomic E-state index is 12.7. The number of nitrogens with one attached hydrogen (secondary N) is 1. The first kappa shape index (κ1) is 18.8. The van der Waals surface area contributed by atoms with E-state index in [0.717, 1.165) is 4.57 Å². The molecule has 2 rings (SSSR count). The summed E-state index contributed by atoms with van der Waals surface area (Å²) in [6, 6.07) is 8.53. The fourth-order valence-corrected chi connectivity index (χ4v) is 2.45. The highest BCUT2D eigenvalue weighted by Gasteiger charge is 2.22. The molecule has 1 heterocycles. The average molecular weight is 346 g/mol. The van der Waals surface area contributed by atoms with E-state index in [9.17, 15) is 14.4 Å². The smallest absolute Gasteiger partial charge is 0.330 e. The van der Waals surface area contributed by atoms with Crippen LogP contribution in [0.1, 0.15) is 41.4 Å². The number of carbonyl (C=O) groups is 1. The lowest BCUT2D eigenvalue weighted by atomic mass is 9.97. The molecule has 0 bridgehead atoms. The number of nitrogens with zero attached hydrogens (tertiary/aromatic N) is 1. The van der Waals surface area contributed by atoms with Crippen LogP contribution in [-0.2, 0) is 16.2 Å². The zero-order valence-corrected chi connectivity index (χ0v) is 14.6. The minimum Gasteiger partial charge on any atom is -0.382 e. The van der Waals surface area contributed by atoms with E-state index in [1.807, 2.05) is 0 Å². The van der Waals surface area contributed by atoms with Gasteiger partial charge in [-0.25, -0.2) is 9.36 Å². The van der Waals surface area contributed by atoms with Gasteiger partial charge in [0.05, 0.1) is 18.9 Å². The molecule has 0 saturated heterocycles. The standard InChI is InChI=1S/C18H22N2O5/c1-12(2)14-15(16(21)13-7-5-4-6-8-13)19-18(23)20(17(14)22)11-25-10-9-24-3/h4-8,12H,9-11H2,1-3H3,(H,19,23). The summed E-state index contributed by atoms with van der Waals surface area (Å²) in [5.74, 6) is -0.622. The number of aromatic nitrogens is 2. The number of rotatable bonds is 8. The Balaban J connectivity index is 2.47. The van der Waals surface area contributed by atoms with Gasteiger partial charge in [-0.05, 0) is 5.92 Å². The second kappa shape index (κ2) is 8.55. The number of methoxy groups -OCH3 is 1. The van der Waals surface area contributed by atoms with Gasteiger partial charge in [-0.2, -0.15) is 0 Å². The molecule has 0 aliphatic carbocycles. The largest absolute Gasteiger partial charge is 0.382 e. The highest BCUT2D eigenvalue weighted by atomic mass is 16.5. The van der Waals surface area contributed by atoms with Gasteiger partial charge in [0.1, 0.15) is 6.73 Å². The molecule has 0 atom stereocenters. The van der Waals surface area contributed by atoms with Crippen molar-refractivity contribution in [1.29, 1.82) is 0 Å². The molecule has 134 valence electrons. The summed E-state index contributed by atoms with van der Waals surface area (Å²) in [6.45, 7) is 4.01. The van der Waals surface area contributed by atoms with Gasteiger partial charge in [0, 0.05) is 18.2 Å². The molecule has 1 aromatic carbocycles. The van der Waals surface area contributed by atoms with Gasteiger partial charge in [-0.3, -0.25) is 9.59 Å². The number of hydrogen-bond donors (Lipinski definition) is 1. The molecule has 0 radical (unpaired) electrons. The van der Waals surface area contributed by atoms with Crippen molar-refractivity contribution in [2.45, 2.75) is 26.5 Å². The molecular formula is C18H22N2O5. The summed E-state index contributed by atoms with van der Waals surface area (Å²) in [7, 11) is 1.53. The molecule has 0 unspecified atom stereocenters. The van der Waals surface area contributed by atoms with Crippen molar-refractivity contribution < 1.29 is 14.3 Å². The van der Waals surface area contributed by atoms with Crippen LogP contribution < -0.4 is 11.2 Å². The van der Waals surface area contributed by atoms with Crippen LogP contribution in [0.25, 0.3) is 0 Å². The van der Waals surface area contributed by atoms with Crippen LogP contribution in [0.2, 0.25) is 0 Å². The van der Waals surface area contributed by atoms with Crippen molar-refractivity contribution in [3.63, 3.8) is 0 Å². The molecule has 0 saturated carbocycles. The first-order chi connectivity index (χ1) is 12.0. The van der Waals surface area contributed by atoms with Crippen molar-refractivity contribution in [1.82, 2.24) is 9.55 Å². The van der Waals surface area contributed by atoms with E-state index in [0.29, 0.717) is 12.2 Å². The number of ether oxygens (including phenoxy) is 2. The first-order valence-electron chi connectivity index (χ1n) is 8.00. The minimum absolute atomic E-state index is 0.0318. The number of hydrogen-bond acceptors (Lipinski definition) is 5. The van der Waals surface area contributed by atoms with Crippen LogP contribution in [0, 0.1) is 0 Å². The fourth-order valence-electron chi connectivity index (χ4n) is 2.45. The summed E-state index contributed by atoms with van der Waals surface area (Å²) < 4.78 is 11.1. The molecular weight excluding hydrogens is 324 g/mol. The zero-order valence-electron chi connectivity index (χ0n) is 14.6. The Bertz CT molecular complexity index is 837. The quantitative estimate of drug-likeness (QED) is 0.578. The highest BCUT2D eigenvalue weighted by molar-refractivity contribution is 6.08. The Kier molecular flexibility index (Phi) is 6.44. The van der Waals surface area contributed by atoms with E-state index in [2.05, 4.69) is 4.98 Å². The lowest BCUT2D eigenvalue weighted by Gasteiger charge is -2.14. The van der Waals surface area contributed by atoms with Gasteiger partial charge in [0.2, 0.25) is 5.78 Å². The average Bonchev–Trinajstić information content (AvgIpc) is 2.60. The van der Waals surface area contributed by atoms with Crippen molar-refractivity contribution >= 4 is 5.78 Å². The van der Waals surface area contributed by atoms with E-state index < -0.39 is 11.2 Å². The summed E-state index contributed by atoms with van der Waals surface area (Å²) in [5, 5.41) is 0. The highest BCUT2D eigenvalue weighted by Crippen LogP contribution is 2.16. The molecule has 7 nitrogen and oxygen atoms in total. The Morgan fingerprint density at radius 3 is 2.44 bits per heavy atom. The number of ketones is 1. The van der Waals surface area contributed by atoms with Gasteiger partial charge in [-0.1, -0.05) is 44.2 Å². The van der Waals surface area contributed by atoms with Crippen molar-refractivity contribution in [2.75, 3.05) is 20.3 Å². The second-order valence-electron chi connectivity index (χ2n) is 5.83. The molecule has 1 N–H and O–H groups in total. The topological polar surface area (TPSA) is 90.4 Å². The lowest BCUT2D eigenvalue weighted by molar-refractivity contribution is 0.0305. The van der Waals surface area contributed by atoms with E-state index in [1.54, 1.807) is 44.2 Å². The lowest BCUT2D eigenvalue weighted by Crippen LogP contribution is -2.40. The number of benzene rings is 1. The van der Waals surface area contributed by atoms with Gasteiger partial charge in [0.15, 0.2) is 0 Å². The molecule has 2 aromatic rings. The van der Waals surface area contributed by atoms with Crippen molar-refractivity contribution in [3.8, 4) is 0 Å². The van der Waals surface area contributed by atoms with Gasteiger partial charge < -0.3 is 14.5 Å². The minimum atomic E-state index is -0.675. The van der Waals surface area contributed by atoms with E-state index >= 15 is 0 Å². The molecule has 0 fully saturated rings. The molecule has 0 amide bonds. The maximum Gasteiger partial charge on any atom is 0.330 e.